The third-order valence-corrected chi connectivity index (χ3v) is 2.12. The maximum absolute atomic E-state index is 5.37. The van der Waals surface area contributed by atoms with Gasteiger partial charge in [-0.3, -0.25) is 0 Å². The maximum atomic E-state index is 5.37. The molecule has 1 atom stereocenters. The molecule has 1 aliphatic rings. The van der Waals surface area contributed by atoms with Gasteiger partial charge in [0.2, 0.25) is 0 Å². The molecule has 0 amide bonds. The van der Waals surface area contributed by atoms with Gasteiger partial charge >= 0.3 is 0 Å². The normalized spacial score (nSPS) is 29.9. The number of oxime groups is 1. The van der Waals surface area contributed by atoms with E-state index in [1.807, 2.05) is 14.0 Å². The Balaban J connectivity index is 2.52. The van der Waals surface area contributed by atoms with Crippen molar-refractivity contribution in [2.75, 3.05) is 13.6 Å². The zero-order valence-corrected chi connectivity index (χ0v) is 7.48. The van der Waals surface area contributed by atoms with Crippen molar-refractivity contribution in [1.82, 2.24) is 5.32 Å². The number of likely N-dealkylation sites (N-methyl/N-ethyl adjacent to an activating group) is 1. The lowest BCUT2D eigenvalue weighted by Crippen LogP contribution is -2.38. The van der Waals surface area contributed by atoms with Gasteiger partial charge in [-0.2, -0.15) is 0 Å². The Morgan fingerprint density at radius 1 is 1.73 bits per heavy atom. The van der Waals surface area contributed by atoms with Crippen molar-refractivity contribution in [3.8, 4) is 0 Å². The van der Waals surface area contributed by atoms with E-state index in [0.29, 0.717) is 0 Å². The van der Waals surface area contributed by atoms with Crippen LogP contribution in [-0.2, 0) is 4.84 Å². The molecule has 1 rings (SSSR count). The van der Waals surface area contributed by atoms with Crippen LogP contribution in [0.1, 0.15) is 26.7 Å². The highest BCUT2D eigenvalue weighted by molar-refractivity contribution is 5.83. The van der Waals surface area contributed by atoms with Crippen molar-refractivity contribution in [3.63, 3.8) is 0 Å². The molecule has 0 saturated heterocycles. The molecule has 3 heteroatoms. The van der Waals surface area contributed by atoms with E-state index in [-0.39, 0.29) is 5.60 Å². The van der Waals surface area contributed by atoms with Crippen molar-refractivity contribution < 1.29 is 4.84 Å². The Bertz CT molecular complexity index is 167. The van der Waals surface area contributed by atoms with Crippen LogP contribution in [0.3, 0.4) is 0 Å². The molecule has 3 nitrogen and oxygen atoms in total. The van der Waals surface area contributed by atoms with Crippen LogP contribution in [0.4, 0.5) is 0 Å². The summed E-state index contributed by atoms with van der Waals surface area (Å²) in [7, 11) is 1.94. The van der Waals surface area contributed by atoms with Crippen molar-refractivity contribution in [3.05, 3.63) is 0 Å². The minimum Gasteiger partial charge on any atom is -0.388 e. The Morgan fingerprint density at radius 3 is 2.82 bits per heavy atom. The topological polar surface area (TPSA) is 33.6 Å². The van der Waals surface area contributed by atoms with Gasteiger partial charge in [-0.15, -0.1) is 0 Å². The molecule has 64 valence electrons. The zero-order chi connectivity index (χ0) is 8.32. The fourth-order valence-electron chi connectivity index (χ4n) is 1.44. The summed E-state index contributed by atoms with van der Waals surface area (Å²) in [6, 6.07) is 0. The Hall–Kier alpha value is -0.570. The van der Waals surface area contributed by atoms with Gasteiger partial charge in [-0.05, 0) is 20.4 Å². The molecule has 0 aliphatic carbocycles. The molecule has 0 spiro atoms. The molecular weight excluding hydrogens is 140 g/mol. The van der Waals surface area contributed by atoms with E-state index in [1.165, 1.54) is 0 Å². The second kappa shape index (κ2) is 3.22. The largest absolute Gasteiger partial charge is 0.388 e. The lowest BCUT2D eigenvalue weighted by molar-refractivity contribution is -0.0191. The summed E-state index contributed by atoms with van der Waals surface area (Å²) in [6.07, 6.45) is 1.97. The summed E-state index contributed by atoms with van der Waals surface area (Å²) < 4.78 is 0. The summed E-state index contributed by atoms with van der Waals surface area (Å²) in [6.45, 7) is 5.02. The average Bonchev–Trinajstić information content (AvgIpc) is 2.34. The fraction of sp³-hybridized carbons (Fsp3) is 0.875. The van der Waals surface area contributed by atoms with E-state index in [1.54, 1.807) is 0 Å². The third kappa shape index (κ3) is 1.71. The summed E-state index contributed by atoms with van der Waals surface area (Å²) in [5.41, 5.74) is 1.04. The van der Waals surface area contributed by atoms with Crippen LogP contribution in [0, 0.1) is 0 Å². The number of rotatable bonds is 3. The molecule has 0 bridgehead atoms. The monoisotopic (exact) mass is 156 g/mol. The van der Waals surface area contributed by atoms with Crippen LogP contribution in [0.15, 0.2) is 5.16 Å². The second-order valence-corrected chi connectivity index (χ2v) is 3.16. The van der Waals surface area contributed by atoms with Crippen molar-refractivity contribution in [2.24, 2.45) is 5.16 Å². The van der Waals surface area contributed by atoms with E-state index >= 15 is 0 Å². The summed E-state index contributed by atoms with van der Waals surface area (Å²) in [5.74, 6) is 0. The van der Waals surface area contributed by atoms with Gasteiger partial charge in [-0.25, -0.2) is 0 Å². The summed E-state index contributed by atoms with van der Waals surface area (Å²) in [4.78, 5) is 5.37. The fourth-order valence-corrected chi connectivity index (χ4v) is 1.44. The number of nitrogens with zero attached hydrogens (tertiary/aromatic N) is 1. The van der Waals surface area contributed by atoms with Gasteiger partial charge in [0.25, 0.3) is 0 Å². The van der Waals surface area contributed by atoms with Gasteiger partial charge in [0.15, 0.2) is 5.60 Å². The molecule has 0 aromatic carbocycles. The first-order valence-electron chi connectivity index (χ1n) is 4.09. The van der Waals surface area contributed by atoms with Crippen LogP contribution in [0.25, 0.3) is 0 Å². The minimum absolute atomic E-state index is 0.0567. The SMILES string of the molecule is CC[C@@]1(CNC)CC(C)=NO1. The lowest BCUT2D eigenvalue weighted by Gasteiger charge is -2.24. The van der Waals surface area contributed by atoms with E-state index in [0.717, 1.165) is 25.1 Å². The van der Waals surface area contributed by atoms with E-state index in [2.05, 4.69) is 17.4 Å². The van der Waals surface area contributed by atoms with Gasteiger partial charge < -0.3 is 10.2 Å². The van der Waals surface area contributed by atoms with Gasteiger partial charge in [0, 0.05) is 13.0 Å². The highest BCUT2D eigenvalue weighted by atomic mass is 16.7. The number of nitrogens with one attached hydrogen (secondary N) is 1. The average molecular weight is 156 g/mol. The van der Waals surface area contributed by atoms with E-state index in [9.17, 15) is 0 Å². The molecule has 1 N–H and O–H groups in total. The second-order valence-electron chi connectivity index (χ2n) is 3.16. The maximum Gasteiger partial charge on any atom is 0.155 e. The first kappa shape index (κ1) is 8.53. The Labute approximate surface area is 67.8 Å². The van der Waals surface area contributed by atoms with Crippen LogP contribution >= 0.6 is 0 Å². The molecule has 0 radical (unpaired) electrons. The molecule has 0 saturated carbocycles. The smallest absolute Gasteiger partial charge is 0.155 e. The highest BCUT2D eigenvalue weighted by Gasteiger charge is 2.34. The van der Waals surface area contributed by atoms with Crippen molar-refractivity contribution in [1.29, 1.82) is 0 Å². The van der Waals surface area contributed by atoms with Crippen LogP contribution in [0.2, 0.25) is 0 Å². The van der Waals surface area contributed by atoms with E-state index < -0.39 is 0 Å². The number of hydrogen-bond donors (Lipinski definition) is 1. The summed E-state index contributed by atoms with van der Waals surface area (Å²) in [5, 5.41) is 7.08. The Morgan fingerprint density at radius 2 is 2.45 bits per heavy atom. The molecular formula is C8H16N2O. The number of hydrogen-bond acceptors (Lipinski definition) is 3. The minimum atomic E-state index is -0.0567. The third-order valence-electron chi connectivity index (χ3n) is 2.12. The first-order chi connectivity index (χ1) is 5.22. The quantitative estimate of drug-likeness (QED) is 0.665. The molecule has 1 aliphatic heterocycles. The van der Waals surface area contributed by atoms with Gasteiger partial charge in [0.1, 0.15) is 0 Å². The van der Waals surface area contributed by atoms with Crippen molar-refractivity contribution in [2.45, 2.75) is 32.3 Å². The first-order valence-corrected chi connectivity index (χ1v) is 4.09. The van der Waals surface area contributed by atoms with Gasteiger partial charge in [0.05, 0.1) is 5.71 Å². The highest BCUT2D eigenvalue weighted by Crippen LogP contribution is 2.26. The predicted octanol–water partition coefficient (Wildman–Crippen LogP) is 1.15. The molecule has 11 heavy (non-hydrogen) atoms. The van der Waals surface area contributed by atoms with Crippen LogP contribution < -0.4 is 5.32 Å². The standard InChI is InChI=1S/C8H16N2O/c1-4-8(6-9-3)5-7(2)10-11-8/h9H,4-6H2,1-3H3/t8-/m0/s1. The van der Waals surface area contributed by atoms with E-state index in [4.69, 9.17) is 4.84 Å². The molecule has 1 heterocycles. The summed E-state index contributed by atoms with van der Waals surface area (Å²) >= 11 is 0. The molecule has 0 fully saturated rings. The van der Waals surface area contributed by atoms with Gasteiger partial charge in [-0.1, -0.05) is 12.1 Å². The van der Waals surface area contributed by atoms with Crippen LogP contribution in [0.5, 0.6) is 0 Å². The Kier molecular flexibility index (Phi) is 2.49. The zero-order valence-electron chi connectivity index (χ0n) is 7.48. The molecule has 0 aromatic heterocycles. The van der Waals surface area contributed by atoms with Crippen LogP contribution in [-0.4, -0.2) is 24.9 Å². The molecule has 0 aromatic rings. The lowest BCUT2D eigenvalue weighted by atomic mass is 9.95. The molecule has 0 unspecified atom stereocenters. The van der Waals surface area contributed by atoms with Crippen molar-refractivity contribution >= 4 is 5.71 Å². The predicted molar refractivity (Wildman–Crippen MR) is 45.8 cm³/mol.